The highest BCUT2D eigenvalue weighted by molar-refractivity contribution is 7.91. The van der Waals surface area contributed by atoms with Gasteiger partial charge in [-0.15, -0.1) is 0 Å². The lowest BCUT2D eigenvalue weighted by molar-refractivity contribution is 0.365. The van der Waals surface area contributed by atoms with Crippen molar-refractivity contribution in [1.82, 2.24) is 0 Å². The Kier molecular flexibility index (Phi) is 4.10. The van der Waals surface area contributed by atoms with Crippen LogP contribution in [0.5, 0.6) is 0 Å². The van der Waals surface area contributed by atoms with Gasteiger partial charge in [0.05, 0.1) is 10.6 Å². The number of hydrogen-bond donors (Lipinski definition) is 1. The Morgan fingerprint density at radius 1 is 1.19 bits per heavy atom. The Labute approximate surface area is 97.6 Å². The molecule has 0 saturated heterocycles. The number of benzene rings is 1. The van der Waals surface area contributed by atoms with Crippen molar-refractivity contribution in [3.63, 3.8) is 0 Å². The molecule has 1 rings (SSSR count). The molecule has 0 aromatic heterocycles. The first-order valence-corrected chi connectivity index (χ1v) is 7.00. The minimum atomic E-state index is -3.16. The molecule has 0 radical (unpaired) electrons. The summed E-state index contributed by atoms with van der Waals surface area (Å²) in [5, 5.41) is 0. The van der Waals surface area contributed by atoms with Crippen LogP contribution in [0.1, 0.15) is 20.3 Å². The third kappa shape index (κ3) is 3.61. The topological polar surface area (TPSA) is 60.2 Å². The standard InChI is InChI=1S/C12H19NO2S/c1-12(2,10-13)8-9-16(14,15)11-6-4-3-5-7-11/h3-7H,8-10,13H2,1-2H3. The first-order chi connectivity index (χ1) is 7.37. The number of sulfone groups is 1. The van der Waals surface area contributed by atoms with Crippen LogP contribution >= 0.6 is 0 Å². The highest BCUT2D eigenvalue weighted by Gasteiger charge is 2.21. The molecule has 4 heteroatoms. The average molecular weight is 241 g/mol. The van der Waals surface area contributed by atoms with Crippen LogP contribution in [-0.4, -0.2) is 20.7 Å². The van der Waals surface area contributed by atoms with Gasteiger partial charge in [0.25, 0.3) is 0 Å². The molecule has 1 aromatic rings. The summed E-state index contributed by atoms with van der Waals surface area (Å²) in [6, 6.07) is 8.54. The van der Waals surface area contributed by atoms with E-state index < -0.39 is 9.84 Å². The summed E-state index contributed by atoms with van der Waals surface area (Å²) in [4.78, 5) is 0.392. The maximum absolute atomic E-state index is 12.0. The van der Waals surface area contributed by atoms with E-state index in [1.807, 2.05) is 19.9 Å². The van der Waals surface area contributed by atoms with Gasteiger partial charge in [-0.2, -0.15) is 0 Å². The van der Waals surface area contributed by atoms with Gasteiger partial charge in [-0.25, -0.2) is 8.42 Å². The van der Waals surface area contributed by atoms with E-state index in [0.29, 0.717) is 17.9 Å². The molecule has 0 aliphatic carbocycles. The summed E-state index contributed by atoms with van der Waals surface area (Å²) in [6.07, 6.45) is 0.584. The Hall–Kier alpha value is -0.870. The zero-order valence-electron chi connectivity index (χ0n) is 9.81. The summed E-state index contributed by atoms with van der Waals surface area (Å²) in [5.41, 5.74) is 5.46. The van der Waals surface area contributed by atoms with Crippen LogP contribution in [-0.2, 0) is 9.84 Å². The van der Waals surface area contributed by atoms with Gasteiger partial charge < -0.3 is 5.73 Å². The van der Waals surface area contributed by atoms with Crippen LogP contribution < -0.4 is 5.73 Å². The number of rotatable bonds is 5. The van der Waals surface area contributed by atoms with Gasteiger partial charge in [0.2, 0.25) is 0 Å². The fraction of sp³-hybridized carbons (Fsp3) is 0.500. The predicted octanol–water partition coefficient (Wildman–Crippen LogP) is 1.84. The second-order valence-electron chi connectivity index (χ2n) is 4.75. The van der Waals surface area contributed by atoms with Crippen molar-refractivity contribution in [2.75, 3.05) is 12.3 Å². The van der Waals surface area contributed by atoms with E-state index in [4.69, 9.17) is 5.73 Å². The molecule has 0 amide bonds. The maximum atomic E-state index is 12.0. The summed E-state index contributed by atoms with van der Waals surface area (Å²) < 4.78 is 23.9. The third-order valence-electron chi connectivity index (χ3n) is 2.70. The van der Waals surface area contributed by atoms with E-state index >= 15 is 0 Å². The van der Waals surface area contributed by atoms with Crippen molar-refractivity contribution in [3.05, 3.63) is 30.3 Å². The monoisotopic (exact) mass is 241 g/mol. The fourth-order valence-electron chi connectivity index (χ4n) is 1.26. The molecule has 0 atom stereocenters. The Bertz CT molecular complexity index is 424. The number of hydrogen-bond acceptors (Lipinski definition) is 3. The van der Waals surface area contributed by atoms with Crippen LogP contribution in [0.25, 0.3) is 0 Å². The summed E-state index contributed by atoms with van der Waals surface area (Å²) in [7, 11) is -3.16. The Morgan fingerprint density at radius 3 is 2.25 bits per heavy atom. The average Bonchev–Trinajstić information content (AvgIpc) is 2.28. The van der Waals surface area contributed by atoms with Gasteiger partial charge in [-0.1, -0.05) is 32.0 Å². The van der Waals surface area contributed by atoms with E-state index in [2.05, 4.69) is 0 Å². The van der Waals surface area contributed by atoms with Gasteiger partial charge in [0.15, 0.2) is 9.84 Å². The molecular formula is C12H19NO2S. The first kappa shape index (κ1) is 13.2. The van der Waals surface area contributed by atoms with Crippen molar-refractivity contribution in [3.8, 4) is 0 Å². The van der Waals surface area contributed by atoms with Crippen LogP contribution in [0.2, 0.25) is 0 Å². The highest BCUT2D eigenvalue weighted by atomic mass is 32.2. The van der Waals surface area contributed by atoms with Crippen molar-refractivity contribution < 1.29 is 8.42 Å². The normalized spacial score (nSPS) is 12.7. The van der Waals surface area contributed by atoms with Crippen molar-refractivity contribution >= 4 is 9.84 Å². The molecule has 1 aromatic carbocycles. The maximum Gasteiger partial charge on any atom is 0.178 e. The summed E-state index contributed by atoms with van der Waals surface area (Å²) in [5.74, 6) is 0.154. The third-order valence-corrected chi connectivity index (χ3v) is 4.43. The van der Waals surface area contributed by atoms with E-state index in [1.54, 1.807) is 24.3 Å². The second kappa shape index (κ2) is 4.97. The van der Waals surface area contributed by atoms with E-state index in [0.717, 1.165) is 0 Å². The lowest BCUT2D eigenvalue weighted by Gasteiger charge is -2.21. The quantitative estimate of drug-likeness (QED) is 0.855. The minimum Gasteiger partial charge on any atom is -0.330 e. The smallest absolute Gasteiger partial charge is 0.178 e. The molecule has 0 aliphatic rings. The molecule has 0 fully saturated rings. The molecule has 90 valence electrons. The van der Waals surface area contributed by atoms with Gasteiger partial charge in [0.1, 0.15) is 0 Å². The number of nitrogens with two attached hydrogens (primary N) is 1. The van der Waals surface area contributed by atoms with Crippen LogP contribution in [0.4, 0.5) is 0 Å². The molecule has 3 nitrogen and oxygen atoms in total. The van der Waals surface area contributed by atoms with E-state index in [9.17, 15) is 8.42 Å². The summed E-state index contributed by atoms with van der Waals surface area (Å²) >= 11 is 0. The molecule has 0 unspecified atom stereocenters. The molecule has 0 saturated carbocycles. The van der Waals surface area contributed by atoms with Crippen molar-refractivity contribution in [2.45, 2.75) is 25.2 Å². The molecule has 16 heavy (non-hydrogen) atoms. The molecule has 0 bridgehead atoms. The molecule has 2 N–H and O–H groups in total. The van der Waals surface area contributed by atoms with Crippen LogP contribution in [0, 0.1) is 5.41 Å². The molecule has 0 aliphatic heterocycles. The largest absolute Gasteiger partial charge is 0.330 e. The van der Waals surface area contributed by atoms with Crippen molar-refractivity contribution in [1.29, 1.82) is 0 Å². The van der Waals surface area contributed by atoms with Gasteiger partial charge in [-0.3, -0.25) is 0 Å². The van der Waals surface area contributed by atoms with Gasteiger partial charge >= 0.3 is 0 Å². The zero-order chi connectivity index (χ0) is 12.2. The highest BCUT2D eigenvalue weighted by Crippen LogP contribution is 2.21. The first-order valence-electron chi connectivity index (χ1n) is 5.35. The Morgan fingerprint density at radius 2 is 1.75 bits per heavy atom. The zero-order valence-corrected chi connectivity index (χ0v) is 10.6. The molecule has 0 spiro atoms. The second-order valence-corrected chi connectivity index (χ2v) is 6.86. The van der Waals surface area contributed by atoms with Crippen molar-refractivity contribution in [2.24, 2.45) is 11.1 Å². The van der Waals surface area contributed by atoms with Crippen LogP contribution in [0.3, 0.4) is 0 Å². The molecule has 0 heterocycles. The van der Waals surface area contributed by atoms with E-state index in [1.165, 1.54) is 0 Å². The van der Waals surface area contributed by atoms with E-state index in [-0.39, 0.29) is 11.2 Å². The van der Waals surface area contributed by atoms with Crippen LogP contribution in [0.15, 0.2) is 35.2 Å². The lowest BCUT2D eigenvalue weighted by Crippen LogP contribution is -2.26. The lowest BCUT2D eigenvalue weighted by atomic mass is 9.91. The predicted molar refractivity (Wildman–Crippen MR) is 65.9 cm³/mol. The van der Waals surface area contributed by atoms with Gasteiger partial charge in [0, 0.05) is 0 Å². The minimum absolute atomic E-state index is 0.123. The fourth-order valence-corrected chi connectivity index (χ4v) is 2.89. The SMILES string of the molecule is CC(C)(CN)CCS(=O)(=O)c1ccccc1. The summed E-state index contributed by atoms with van der Waals surface area (Å²) in [6.45, 7) is 4.46. The van der Waals surface area contributed by atoms with Gasteiger partial charge in [-0.05, 0) is 30.5 Å². The Balaban J connectivity index is 2.75. The molecular weight excluding hydrogens is 222 g/mol.